The van der Waals surface area contributed by atoms with E-state index in [1.807, 2.05) is 18.2 Å². The predicted octanol–water partition coefficient (Wildman–Crippen LogP) is 6.27. The van der Waals surface area contributed by atoms with Gasteiger partial charge in [-0.05, 0) is 42.0 Å². The molecule has 4 aromatic carbocycles. The first-order valence-corrected chi connectivity index (χ1v) is 12.9. The average Bonchev–Trinajstić information content (AvgIpc) is 3.00. The molecule has 0 spiro atoms. The quantitative estimate of drug-likeness (QED) is 0.110. The fourth-order valence-corrected chi connectivity index (χ4v) is 4.67. The van der Waals surface area contributed by atoms with E-state index in [9.17, 15) is 20.2 Å². The third-order valence-corrected chi connectivity index (χ3v) is 6.95. The lowest BCUT2D eigenvalue weighted by Gasteiger charge is -2.27. The highest BCUT2D eigenvalue weighted by Gasteiger charge is 2.32. The van der Waals surface area contributed by atoms with Gasteiger partial charge in [-0.1, -0.05) is 41.9 Å². The topological polar surface area (TPSA) is 147 Å². The first-order valence-electron chi connectivity index (χ1n) is 12.5. The van der Waals surface area contributed by atoms with Gasteiger partial charge < -0.3 is 24.7 Å². The number of hydrogen-bond acceptors (Lipinski definition) is 9. The number of nitro groups is 1. The van der Waals surface area contributed by atoms with Crippen molar-refractivity contribution in [2.45, 2.75) is 12.5 Å². The third kappa shape index (κ3) is 5.68. The average molecular weight is 584 g/mol. The molecule has 0 saturated heterocycles. The first-order chi connectivity index (χ1) is 20.3. The molecule has 0 aliphatic carbocycles. The van der Waals surface area contributed by atoms with Crippen molar-refractivity contribution >= 4 is 23.3 Å². The summed E-state index contributed by atoms with van der Waals surface area (Å²) in [6.45, 7) is 0.229. The zero-order chi connectivity index (χ0) is 29.8. The van der Waals surface area contributed by atoms with Crippen LogP contribution in [-0.2, 0) is 6.61 Å². The van der Waals surface area contributed by atoms with Crippen LogP contribution in [0.15, 0.2) is 96.4 Å². The van der Waals surface area contributed by atoms with E-state index in [0.717, 1.165) is 5.56 Å². The number of nitrogens with two attached hydrogens (primary N) is 1. The Morgan fingerprint density at radius 3 is 2.52 bits per heavy atom. The monoisotopic (exact) mass is 583 g/mol. The number of benzene rings is 4. The standard InChI is InChI=1S/C31H22ClN3O7/c1-39-28-14-19(8-13-26(28)40-17-20-4-2-3-5-25(20)32)29-23-12-11-22(15-27(23)42-30(34)24(29)16-33)41-31(36)18-6-9-21(10-7-18)35(37)38/h2-15,29H,17,34H2,1H3. The maximum Gasteiger partial charge on any atom is 0.343 e. The van der Waals surface area contributed by atoms with Gasteiger partial charge in [0.15, 0.2) is 11.5 Å². The van der Waals surface area contributed by atoms with E-state index in [2.05, 4.69) is 6.07 Å². The molecule has 0 saturated carbocycles. The van der Waals surface area contributed by atoms with Crippen LogP contribution >= 0.6 is 11.6 Å². The van der Waals surface area contributed by atoms with Gasteiger partial charge in [-0.2, -0.15) is 5.26 Å². The number of fused-ring (bicyclic) bond motifs is 1. The lowest BCUT2D eigenvalue weighted by atomic mass is 9.83. The number of methoxy groups -OCH3 is 1. The van der Waals surface area contributed by atoms with Crippen LogP contribution in [0, 0.1) is 21.4 Å². The fourth-order valence-electron chi connectivity index (χ4n) is 4.48. The van der Waals surface area contributed by atoms with Crippen molar-refractivity contribution in [2.24, 2.45) is 5.73 Å². The Hall–Kier alpha value is -5.53. The zero-order valence-electron chi connectivity index (χ0n) is 22.1. The van der Waals surface area contributed by atoms with Crippen molar-refractivity contribution in [1.82, 2.24) is 0 Å². The number of non-ortho nitro benzene ring substituents is 1. The Morgan fingerprint density at radius 1 is 1.07 bits per heavy atom. The molecule has 0 fully saturated rings. The van der Waals surface area contributed by atoms with Gasteiger partial charge in [-0.25, -0.2) is 4.79 Å². The number of halogens is 1. The molecule has 11 heteroatoms. The van der Waals surface area contributed by atoms with Crippen LogP contribution in [0.3, 0.4) is 0 Å². The van der Waals surface area contributed by atoms with E-state index in [1.165, 1.54) is 37.4 Å². The normalized spacial score (nSPS) is 13.8. The van der Waals surface area contributed by atoms with Gasteiger partial charge in [0.2, 0.25) is 5.88 Å². The van der Waals surface area contributed by atoms with Gasteiger partial charge in [0.25, 0.3) is 5.69 Å². The van der Waals surface area contributed by atoms with Crippen molar-refractivity contribution in [3.63, 3.8) is 0 Å². The van der Waals surface area contributed by atoms with Crippen molar-refractivity contribution in [3.8, 4) is 29.1 Å². The first kappa shape index (κ1) is 28.0. The fraction of sp³-hybridized carbons (Fsp3) is 0.0968. The number of nitrogens with zero attached hydrogens (tertiary/aromatic N) is 2. The Bertz CT molecular complexity index is 1760. The number of esters is 1. The van der Waals surface area contributed by atoms with E-state index in [4.69, 9.17) is 36.3 Å². The largest absolute Gasteiger partial charge is 0.493 e. The lowest BCUT2D eigenvalue weighted by molar-refractivity contribution is -0.384. The van der Waals surface area contributed by atoms with Crippen molar-refractivity contribution in [2.75, 3.05) is 7.11 Å². The number of nitriles is 1. The number of allylic oxidation sites excluding steroid dienone is 1. The summed E-state index contributed by atoms with van der Waals surface area (Å²) in [7, 11) is 1.51. The van der Waals surface area contributed by atoms with Crippen molar-refractivity contribution in [3.05, 3.63) is 134 Å². The number of ether oxygens (including phenoxy) is 4. The van der Waals surface area contributed by atoms with E-state index >= 15 is 0 Å². The third-order valence-electron chi connectivity index (χ3n) is 6.58. The van der Waals surface area contributed by atoms with Crippen molar-refractivity contribution in [1.29, 1.82) is 5.26 Å². The maximum atomic E-state index is 12.6. The highest BCUT2D eigenvalue weighted by Crippen LogP contribution is 2.45. The molecule has 42 heavy (non-hydrogen) atoms. The second-order valence-corrected chi connectivity index (χ2v) is 9.52. The molecule has 0 bridgehead atoms. The van der Waals surface area contributed by atoms with Crippen LogP contribution in [-0.4, -0.2) is 18.0 Å². The van der Waals surface area contributed by atoms with Gasteiger partial charge in [0.1, 0.15) is 29.7 Å². The molecule has 5 rings (SSSR count). The Labute approximate surface area is 245 Å². The maximum absolute atomic E-state index is 12.6. The number of rotatable bonds is 8. The lowest BCUT2D eigenvalue weighted by Crippen LogP contribution is -2.21. The van der Waals surface area contributed by atoms with Crippen LogP contribution in [0.25, 0.3) is 0 Å². The van der Waals surface area contributed by atoms with Crippen LogP contribution in [0.5, 0.6) is 23.0 Å². The molecule has 4 aromatic rings. The highest BCUT2D eigenvalue weighted by atomic mass is 35.5. The summed E-state index contributed by atoms with van der Waals surface area (Å²) in [5.74, 6) is -0.0323. The minimum atomic E-state index is -0.712. The summed E-state index contributed by atoms with van der Waals surface area (Å²) < 4.78 is 22.8. The van der Waals surface area contributed by atoms with Crippen LogP contribution in [0.4, 0.5) is 5.69 Å². The molecular formula is C31H22ClN3O7. The molecule has 1 atom stereocenters. The Morgan fingerprint density at radius 2 is 1.83 bits per heavy atom. The summed E-state index contributed by atoms with van der Waals surface area (Å²) in [6.07, 6.45) is 0. The molecule has 0 amide bonds. The summed E-state index contributed by atoms with van der Waals surface area (Å²) in [5.41, 5.74) is 8.45. The summed E-state index contributed by atoms with van der Waals surface area (Å²) in [4.78, 5) is 23.0. The smallest absolute Gasteiger partial charge is 0.343 e. The van der Waals surface area contributed by atoms with Crippen LogP contribution < -0.4 is 24.7 Å². The molecule has 0 aromatic heterocycles. The molecule has 210 valence electrons. The number of hydrogen-bond donors (Lipinski definition) is 1. The van der Waals surface area contributed by atoms with E-state index in [0.29, 0.717) is 33.4 Å². The van der Waals surface area contributed by atoms with E-state index in [-0.39, 0.29) is 35.1 Å². The summed E-state index contributed by atoms with van der Waals surface area (Å²) in [5, 5.41) is 21.4. The zero-order valence-corrected chi connectivity index (χ0v) is 22.8. The van der Waals surface area contributed by atoms with Gasteiger partial charge in [0.05, 0.1) is 23.5 Å². The Balaban J connectivity index is 1.42. The molecule has 1 unspecified atom stereocenters. The minimum Gasteiger partial charge on any atom is -0.493 e. The molecule has 1 heterocycles. The number of carbonyl (C=O) groups is 1. The van der Waals surface area contributed by atoms with Gasteiger partial charge in [-0.3, -0.25) is 10.1 Å². The van der Waals surface area contributed by atoms with Crippen molar-refractivity contribution < 1.29 is 28.7 Å². The molecule has 2 N–H and O–H groups in total. The van der Waals surface area contributed by atoms with Crippen LogP contribution in [0.1, 0.15) is 33.0 Å². The SMILES string of the molecule is COc1cc(C2C(C#N)=C(N)Oc3cc(OC(=O)c4ccc([N+](=O)[O-])cc4)ccc32)ccc1OCc1ccccc1Cl. The predicted molar refractivity (Wildman–Crippen MR) is 153 cm³/mol. The van der Waals surface area contributed by atoms with Crippen LogP contribution in [0.2, 0.25) is 5.02 Å². The Kier molecular flexibility index (Phi) is 7.95. The second-order valence-electron chi connectivity index (χ2n) is 9.11. The minimum absolute atomic E-state index is 0.0909. The molecular weight excluding hydrogens is 562 g/mol. The molecule has 1 aliphatic heterocycles. The molecule has 10 nitrogen and oxygen atoms in total. The number of nitro benzene ring substituents is 1. The van der Waals surface area contributed by atoms with Gasteiger partial charge in [0, 0.05) is 34.3 Å². The molecule has 1 aliphatic rings. The van der Waals surface area contributed by atoms with Gasteiger partial charge >= 0.3 is 5.97 Å². The van der Waals surface area contributed by atoms with Gasteiger partial charge in [-0.15, -0.1) is 0 Å². The number of carbonyl (C=O) groups excluding carboxylic acids is 1. The summed E-state index contributed by atoms with van der Waals surface area (Å²) >= 11 is 6.25. The van der Waals surface area contributed by atoms with E-state index in [1.54, 1.807) is 36.4 Å². The van der Waals surface area contributed by atoms with E-state index < -0.39 is 16.8 Å². The second kappa shape index (κ2) is 11.9. The molecule has 0 radical (unpaired) electrons. The summed E-state index contributed by atoms with van der Waals surface area (Å²) in [6, 6.07) is 24.6. The highest BCUT2D eigenvalue weighted by molar-refractivity contribution is 6.31.